The molecular weight excluding hydrogens is 548 g/mol. The zero-order chi connectivity index (χ0) is 29.1. The van der Waals surface area contributed by atoms with Gasteiger partial charge >= 0.3 is 0 Å². The predicted molar refractivity (Wildman–Crippen MR) is 164 cm³/mol. The second kappa shape index (κ2) is 12.7. The lowest BCUT2D eigenvalue weighted by Crippen LogP contribution is -2.36. The summed E-state index contributed by atoms with van der Waals surface area (Å²) in [5.74, 6) is 1.97. The number of rotatable bonds is 7. The quantitative estimate of drug-likeness (QED) is 0.247. The lowest BCUT2D eigenvalue weighted by Gasteiger charge is -2.32. The molecule has 1 saturated heterocycles. The van der Waals surface area contributed by atoms with E-state index in [-0.39, 0.29) is 23.7 Å². The molecule has 1 amide bonds. The van der Waals surface area contributed by atoms with Gasteiger partial charge in [-0.15, -0.1) is 11.3 Å². The number of thiazole rings is 1. The molecule has 42 heavy (non-hydrogen) atoms. The van der Waals surface area contributed by atoms with Crippen LogP contribution in [-0.4, -0.2) is 56.9 Å². The lowest BCUT2D eigenvalue weighted by molar-refractivity contribution is -0.129. The van der Waals surface area contributed by atoms with E-state index in [1.807, 2.05) is 13.0 Å². The summed E-state index contributed by atoms with van der Waals surface area (Å²) in [4.78, 5) is 38.4. The number of aromatic amines is 1. The number of hydrogen-bond acceptors (Lipinski definition) is 8. The Balaban J connectivity index is 1.20. The number of aromatic nitrogens is 4. The van der Waals surface area contributed by atoms with Crippen LogP contribution in [0.15, 0.2) is 42.7 Å². The molecule has 2 atom stereocenters. The van der Waals surface area contributed by atoms with Gasteiger partial charge in [-0.2, -0.15) is 5.10 Å². The number of carbonyl (C=O) groups excluding carboxylic acids is 2. The highest BCUT2D eigenvalue weighted by molar-refractivity contribution is 7.15. The fourth-order valence-electron chi connectivity index (χ4n) is 6.39. The van der Waals surface area contributed by atoms with E-state index in [1.165, 1.54) is 11.3 Å². The summed E-state index contributed by atoms with van der Waals surface area (Å²) >= 11 is 1.44. The molecular formula is C32H38N6O3S. The summed E-state index contributed by atoms with van der Waals surface area (Å²) in [6, 6.07) is 8.93. The van der Waals surface area contributed by atoms with Gasteiger partial charge in [-0.05, 0) is 89.5 Å². The fourth-order valence-corrected chi connectivity index (χ4v) is 7.05. The van der Waals surface area contributed by atoms with Gasteiger partial charge in [-0.25, -0.2) is 9.97 Å². The first kappa shape index (κ1) is 28.5. The average Bonchev–Trinajstić information content (AvgIpc) is 3.60. The van der Waals surface area contributed by atoms with Crippen LogP contribution >= 0.6 is 11.3 Å². The zero-order valence-electron chi connectivity index (χ0n) is 24.3. The molecule has 1 saturated carbocycles. The average molecular weight is 587 g/mol. The van der Waals surface area contributed by atoms with Gasteiger partial charge in [0, 0.05) is 40.6 Å². The normalized spacial score (nSPS) is 20.6. The first-order chi connectivity index (χ1) is 20.4. The monoisotopic (exact) mass is 586 g/mol. The first-order valence-electron chi connectivity index (χ1n) is 15.0. The molecule has 2 aliphatic rings. The second-order valence-electron chi connectivity index (χ2n) is 11.7. The SMILES string of the molecule is Cc1cnc(NC(=O)c2ccc(Oc3ccnc4n[nH]c(C5CCCCCC(C(=O)C6CCN(C)CC6)C5)c34)cc2)s1. The van der Waals surface area contributed by atoms with Crippen molar-refractivity contribution >= 4 is 39.2 Å². The summed E-state index contributed by atoms with van der Waals surface area (Å²) in [5, 5.41) is 12.1. The number of likely N-dealkylation sites (tertiary alicyclic amines) is 1. The van der Waals surface area contributed by atoms with Crippen molar-refractivity contribution in [2.75, 3.05) is 25.5 Å². The van der Waals surface area contributed by atoms with Gasteiger partial charge in [0.2, 0.25) is 0 Å². The number of H-pyrrole nitrogens is 1. The van der Waals surface area contributed by atoms with Crippen molar-refractivity contribution in [2.45, 2.75) is 64.2 Å². The largest absolute Gasteiger partial charge is 0.456 e. The number of nitrogens with zero attached hydrogens (tertiary/aromatic N) is 4. The van der Waals surface area contributed by atoms with Crippen molar-refractivity contribution < 1.29 is 14.3 Å². The van der Waals surface area contributed by atoms with Crippen molar-refractivity contribution in [3.05, 3.63) is 58.9 Å². The Morgan fingerprint density at radius 3 is 2.55 bits per heavy atom. The van der Waals surface area contributed by atoms with E-state index in [0.29, 0.717) is 33.6 Å². The number of piperidine rings is 1. The van der Waals surface area contributed by atoms with E-state index in [2.05, 4.69) is 37.4 Å². The summed E-state index contributed by atoms with van der Waals surface area (Å²) in [5.41, 5.74) is 2.14. The van der Waals surface area contributed by atoms with Crippen molar-refractivity contribution in [3.63, 3.8) is 0 Å². The molecule has 9 nitrogen and oxygen atoms in total. The molecule has 1 aliphatic heterocycles. The number of Topliss-reactive ketones (excluding diaryl/α,β-unsaturated/α-hetero) is 1. The van der Waals surface area contributed by atoms with Crippen molar-refractivity contribution in [2.24, 2.45) is 11.8 Å². The number of benzene rings is 1. The van der Waals surface area contributed by atoms with E-state index in [0.717, 1.165) is 80.4 Å². The molecule has 6 rings (SSSR count). The van der Waals surface area contributed by atoms with E-state index in [9.17, 15) is 9.59 Å². The van der Waals surface area contributed by atoms with Gasteiger partial charge in [-0.3, -0.25) is 20.0 Å². The molecule has 1 aromatic carbocycles. The Labute approximate surface area is 250 Å². The molecule has 2 N–H and O–H groups in total. The van der Waals surface area contributed by atoms with Crippen LogP contribution in [0.3, 0.4) is 0 Å². The molecule has 0 radical (unpaired) electrons. The highest BCUT2D eigenvalue weighted by atomic mass is 32.1. The van der Waals surface area contributed by atoms with Crippen LogP contribution in [-0.2, 0) is 4.79 Å². The minimum atomic E-state index is -0.215. The Hall–Kier alpha value is -3.63. The van der Waals surface area contributed by atoms with Crippen LogP contribution in [0, 0.1) is 18.8 Å². The maximum absolute atomic E-state index is 13.7. The van der Waals surface area contributed by atoms with Gasteiger partial charge in [0.15, 0.2) is 10.8 Å². The summed E-state index contributed by atoms with van der Waals surface area (Å²) in [6.07, 6.45) is 11.6. The van der Waals surface area contributed by atoms with Crippen molar-refractivity contribution in [1.29, 1.82) is 0 Å². The summed E-state index contributed by atoms with van der Waals surface area (Å²) < 4.78 is 6.36. The van der Waals surface area contributed by atoms with Gasteiger partial charge in [0.25, 0.3) is 5.91 Å². The summed E-state index contributed by atoms with van der Waals surface area (Å²) in [6.45, 7) is 3.95. The van der Waals surface area contributed by atoms with E-state index >= 15 is 0 Å². The van der Waals surface area contributed by atoms with E-state index < -0.39 is 0 Å². The number of ketones is 1. The molecule has 2 fully saturated rings. The third-order valence-corrected chi connectivity index (χ3v) is 9.56. The number of nitrogens with one attached hydrogen (secondary N) is 2. The third-order valence-electron chi connectivity index (χ3n) is 8.74. The van der Waals surface area contributed by atoms with Gasteiger partial charge in [0.1, 0.15) is 17.3 Å². The number of aryl methyl sites for hydroxylation is 1. The molecule has 1 aliphatic carbocycles. The number of carbonyl (C=O) groups is 2. The molecule has 2 unspecified atom stereocenters. The standard InChI is InChI=1S/C32H38N6O3S/c1-20-19-34-32(42-20)35-31(40)22-8-10-25(11-9-22)41-26-12-15-33-30-27(26)28(36-37-30)23-6-4-3-5-7-24(18-23)29(39)21-13-16-38(2)17-14-21/h8-12,15,19,21,23-24H,3-7,13-14,16-18H2,1-2H3,(H,33,36,37)(H,34,35,40). The van der Waals surface area contributed by atoms with Crippen molar-refractivity contribution in [3.8, 4) is 11.5 Å². The number of pyridine rings is 1. The fraction of sp³-hybridized carbons (Fsp3) is 0.469. The maximum atomic E-state index is 13.7. The Morgan fingerprint density at radius 1 is 1.00 bits per heavy atom. The molecule has 4 heterocycles. The lowest BCUT2D eigenvalue weighted by atomic mass is 9.76. The van der Waals surface area contributed by atoms with Gasteiger partial charge in [-0.1, -0.05) is 19.3 Å². The van der Waals surface area contributed by atoms with Crippen LogP contribution in [0.2, 0.25) is 0 Å². The molecule has 0 spiro atoms. The molecule has 4 aromatic rings. The molecule has 220 valence electrons. The van der Waals surface area contributed by atoms with Gasteiger partial charge in [0.05, 0.1) is 11.1 Å². The number of anilines is 1. The maximum Gasteiger partial charge on any atom is 0.257 e. The van der Waals surface area contributed by atoms with Gasteiger partial charge < -0.3 is 9.64 Å². The highest BCUT2D eigenvalue weighted by Gasteiger charge is 2.33. The van der Waals surface area contributed by atoms with Crippen molar-refractivity contribution in [1.82, 2.24) is 25.1 Å². The topological polar surface area (TPSA) is 113 Å². The molecule has 10 heteroatoms. The first-order valence-corrected chi connectivity index (χ1v) is 15.8. The molecule has 3 aromatic heterocycles. The van der Waals surface area contributed by atoms with Crippen LogP contribution in [0.1, 0.15) is 78.2 Å². The zero-order valence-corrected chi connectivity index (χ0v) is 25.1. The molecule has 0 bridgehead atoms. The number of amides is 1. The predicted octanol–water partition coefficient (Wildman–Crippen LogP) is 6.73. The van der Waals surface area contributed by atoms with Crippen LogP contribution in [0.5, 0.6) is 11.5 Å². The Bertz CT molecular complexity index is 1540. The van der Waals surface area contributed by atoms with E-state index in [1.54, 1.807) is 36.7 Å². The van der Waals surface area contributed by atoms with E-state index in [4.69, 9.17) is 4.74 Å². The van der Waals surface area contributed by atoms with Crippen LogP contribution < -0.4 is 10.1 Å². The Morgan fingerprint density at radius 2 is 1.79 bits per heavy atom. The van der Waals surface area contributed by atoms with Crippen LogP contribution in [0.4, 0.5) is 5.13 Å². The number of ether oxygens (including phenoxy) is 1. The number of hydrogen-bond donors (Lipinski definition) is 2. The third kappa shape index (κ3) is 6.39. The minimum absolute atomic E-state index is 0.0788. The smallest absolute Gasteiger partial charge is 0.257 e. The second-order valence-corrected chi connectivity index (χ2v) is 13.0. The number of fused-ring (bicyclic) bond motifs is 1. The highest BCUT2D eigenvalue weighted by Crippen LogP contribution is 2.41. The summed E-state index contributed by atoms with van der Waals surface area (Å²) in [7, 11) is 2.14. The Kier molecular flexibility index (Phi) is 8.62. The minimum Gasteiger partial charge on any atom is -0.456 e. The van der Waals surface area contributed by atoms with Crippen LogP contribution in [0.25, 0.3) is 11.0 Å².